The number of rotatable bonds is 1. The highest BCUT2D eigenvalue weighted by Crippen LogP contribution is 2.25. The van der Waals surface area contributed by atoms with Crippen molar-refractivity contribution >= 4 is 18.5 Å². The van der Waals surface area contributed by atoms with Gasteiger partial charge >= 0.3 is 0 Å². The average molecular weight is 249 g/mol. The number of carbonyl (C=O) groups is 1. The molecule has 92 valence electrons. The Labute approximate surface area is 108 Å². The number of piperidine rings is 1. The molecule has 2 atom stereocenters. The van der Waals surface area contributed by atoms with Crippen molar-refractivity contribution in [2.45, 2.75) is 37.6 Å². The largest absolute Gasteiger partial charge is 0.336 e. The van der Waals surface area contributed by atoms with Crippen LogP contribution in [-0.2, 0) is 0 Å². The standard InChI is InChI=1S/C14H19NOS/c1-10-7-8-15(11(2)9-10)14(16)12-5-3-4-6-13(12)17/h3-6,10-11,17H,7-9H2,1-2H3. The van der Waals surface area contributed by atoms with E-state index < -0.39 is 0 Å². The highest BCUT2D eigenvalue weighted by molar-refractivity contribution is 7.80. The molecular formula is C14H19NOS. The molecule has 2 nitrogen and oxygen atoms in total. The Morgan fingerprint density at radius 1 is 1.35 bits per heavy atom. The predicted molar refractivity (Wildman–Crippen MR) is 72.6 cm³/mol. The number of hydrogen-bond acceptors (Lipinski definition) is 2. The number of thiol groups is 1. The molecule has 1 aromatic carbocycles. The van der Waals surface area contributed by atoms with Gasteiger partial charge in [0.25, 0.3) is 5.91 Å². The molecule has 1 aliphatic rings. The molecule has 2 unspecified atom stereocenters. The molecule has 17 heavy (non-hydrogen) atoms. The molecular weight excluding hydrogens is 230 g/mol. The zero-order chi connectivity index (χ0) is 12.4. The first-order chi connectivity index (χ1) is 8.09. The average Bonchev–Trinajstić information content (AvgIpc) is 2.29. The first-order valence-electron chi connectivity index (χ1n) is 6.18. The minimum Gasteiger partial charge on any atom is -0.336 e. The summed E-state index contributed by atoms with van der Waals surface area (Å²) >= 11 is 4.36. The molecule has 0 N–H and O–H groups in total. The Bertz CT molecular complexity index is 418. The van der Waals surface area contributed by atoms with Gasteiger partial charge in [0.05, 0.1) is 5.56 Å². The summed E-state index contributed by atoms with van der Waals surface area (Å²) in [5.74, 6) is 0.843. The van der Waals surface area contributed by atoms with E-state index in [2.05, 4.69) is 26.5 Å². The molecule has 1 fully saturated rings. The molecule has 1 saturated heterocycles. The van der Waals surface area contributed by atoms with E-state index in [0.717, 1.165) is 35.8 Å². The number of hydrogen-bond donors (Lipinski definition) is 1. The maximum atomic E-state index is 12.4. The number of amides is 1. The zero-order valence-corrected chi connectivity index (χ0v) is 11.3. The van der Waals surface area contributed by atoms with E-state index in [9.17, 15) is 4.79 Å². The third-order valence-electron chi connectivity index (χ3n) is 3.53. The van der Waals surface area contributed by atoms with Gasteiger partial charge in [-0.15, -0.1) is 12.6 Å². The minimum atomic E-state index is 0.120. The van der Waals surface area contributed by atoms with Crippen LogP contribution < -0.4 is 0 Å². The quantitative estimate of drug-likeness (QED) is 0.758. The van der Waals surface area contributed by atoms with E-state index in [0.29, 0.717) is 6.04 Å². The van der Waals surface area contributed by atoms with E-state index in [1.165, 1.54) is 0 Å². The summed E-state index contributed by atoms with van der Waals surface area (Å²) < 4.78 is 0. The Kier molecular flexibility index (Phi) is 3.77. The van der Waals surface area contributed by atoms with Gasteiger partial charge in [0, 0.05) is 17.5 Å². The fraction of sp³-hybridized carbons (Fsp3) is 0.500. The Hall–Kier alpha value is -0.960. The van der Waals surface area contributed by atoms with Crippen LogP contribution in [0, 0.1) is 5.92 Å². The van der Waals surface area contributed by atoms with Crippen molar-refractivity contribution in [1.82, 2.24) is 4.90 Å². The normalized spacial score (nSPS) is 24.8. The second kappa shape index (κ2) is 5.13. The van der Waals surface area contributed by atoms with E-state index in [4.69, 9.17) is 0 Å². The smallest absolute Gasteiger partial charge is 0.255 e. The third-order valence-corrected chi connectivity index (χ3v) is 3.92. The number of benzene rings is 1. The molecule has 1 heterocycles. The summed E-state index contributed by atoms with van der Waals surface area (Å²) in [7, 11) is 0. The van der Waals surface area contributed by atoms with Crippen molar-refractivity contribution < 1.29 is 4.79 Å². The minimum absolute atomic E-state index is 0.120. The van der Waals surface area contributed by atoms with Crippen LogP contribution in [0.15, 0.2) is 29.2 Å². The number of nitrogens with zero attached hydrogens (tertiary/aromatic N) is 1. The van der Waals surface area contributed by atoms with Crippen LogP contribution >= 0.6 is 12.6 Å². The molecule has 0 aromatic heterocycles. The van der Waals surface area contributed by atoms with Crippen LogP contribution in [0.2, 0.25) is 0 Å². The molecule has 2 rings (SSSR count). The van der Waals surface area contributed by atoms with Gasteiger partial charge in [-0.25, -0.2) is 0 Å². The van der Waals surface area contributed by atoms with Gasteiger partial charge in [0.1, 0.15) is 0 Å². The second-order valence-electron chi connectivity index (χ2n) is 4.99. The fourth-order valence-electron chi connectivity index (χ4n) is 2.52. The van der Waals surface area contributed by atoms with E-state index >= 15 is 0 Å². The van der Waals surface area contributed by atoms with Crippen LogP contribution in [0.25, 0.3) is 0 Å². The van der Waals surface area contributed by atoms with E-state index in [-0.39, 0.29) is 5.91 Å². The van der Waals surface area contributed by atoms with Crippen molar-refractivity contribution in [3.63, 3.8) is 0 Å². The predicted octanol–water partition coefficient (Wildman–Crippen LogP) is 3.24. The van der Waals surface area contributed by atoms with Crippen LogP contribution in [0.1, 0.15) is 37.0 Å². The first kappa shape index (κ1) is 12.5. The van der Waals surface area contributed by atoms with Crippen LogP contribution in [0.4, 0.5) is 0 Å². The van der Waals surface area contributed by atoms with Crippen molar-refractivity contribution in [3.8, 4) is 0 Å². The van der Waals surface area contributed by atoms with Crippen LogP contribution in [0.3, 0.4) is 0 Å². The zero-order valence-electron chi connectivity index (χ0n) is 10.4. The second-order valence-corrected chi connectivity index (χ2v) is 5.48. The first-order valence-corrected chi connectivity index (χ1v) is 6.63. The van der Waals surface area contributed by atoms with Crippen molar-refractivity contribution in [3.05, 3.63) is 29.8 Å². The summed E-state index contributed by atoms with van der Waals surface area (Å²) in [5, 5.41) is 0. The van der Waals surface area contributed by atoms with Gasteiger partial charge < -0.3 is 4.90 Å². The monoisotopic (exact) mass is 249 g/mol. The molecule has 1 aromatic rings. The van der Waals surface area contributed by atoms with Crippen LogP contribution in [-0.4, -0.2) is 23.4 Å². The lowest BCUT2D eigenvalue weighted by Crippen LogP contribution is -2.44. The summed E-state index contributed by atoms with van der Waals surface area (Å²) in [6, 6.07) is 7.85. The molecule has 0 aliphatic carbocycles. The fourth-order valence-corrected chi connectivity index (χ4v) is 2.77. The van der Waals surface area contributed by atoms with Gasteiger partial charge in [-0.3, -0.25) is 4.79 Å². The maximum Gasteiger partial charge on any atom is 0.255 e. The molecule has 0 saturated carbocycles. The van der Waals surface area contributed by atoms with Gasteiger partial charge in [0.2, 0.25) is 0 Å². The van der Waals surface area contributed by atoms with Gasteiger partial charge in [-0.05, 0) is 37.8 Å². The molecule has 0 bridgehead atoms. The van der Waals surface area contributed by atoms with Crippen molar-refractivity contribution in [1.29, 1.82) is 0 Å². The lowest BCUT2D eigenvalue weighted by Gasteiger charge is -2.36. The summed E-state index contributed by atoms with van der Waals surface area (Å²) in [5.41, 5.74) is 0.720. The Balaban J connectivity index is 2.18. The third kappa shape index (κ3) is 2.65. The Morgan fingerprint density at radius 2 is 2.06 bits per heavy atom. The number of likely N-dealkylation sites (tertiary alicyclic amines) is 1. The highest BCUT2D eigenvalue weighted by Gasteiger charge is 2.27. The van der Waals surface area contributed by atoms with Gasteiger partial charge in [0.15, 0.2) is 0 Å². The SMILES string of the molecule is CC1CCN(C(=O)c2ccccc2S)C(C)C1. The van der Waals surface area contributed by atoms with E-state index in [1.807, 2.05) is 29.2 Å². The summed E-state index contributed by atoms with van der Waals surface area (Å²) in [4.78, 5) is 15.2. The van der Waals surface area contributed by atoms with Gasteiger partial charge in [-0.2, -0.15) is 0 Å². The van der Waals surface area contributed by atoms with Crippen molar-refractivity contribution in [2.75, 3.05) is 6.54 Å². The highest BCUT2D eigenvalue weighted by atomic mass is 32.1. The topological polar surface area (TPSA) is 20.3 Å². The Morgan fingerprint density at radius 3 is 2.71 bits per heavy atom. The molecule has 0 spiro atoms. The lowest BCUT2D eigenvalue weighted by atomic mass is 9.93. The maximum absolute atomic E-state index is 12.4. The lowest BCUT2D eigenvalue weighted by molar-refractivity contribution is 0.0585. The van der Waals surface area contributed by atoms with E-state index in [1.54, 1.807) is 0 Å². The molecule has 0 radical (unpaired) electrons. The molecule has 3 heteroatoms. The van der Waals surface area contributed by atoms with Crippen molar-refractivity contribution in [2.24, 2.45) is 5.92 Å². The summed E-state index contributed by atoms with van der Waals surface area (Å²) in [6.07, 6.45) is 2.20. The summed E-state index contributed by atoms with van der Waals surface area (Å²) in [6.45, 7) is 5.25. The van der Waals surface area contributed by atoms with Gasteiger partial charge in [-0.1, -0.05) is 19.1 Å². The van der Waals surface area contributed by atoms with Crippen LogP contribution in [0.5, 0.6) is 0 Å². The molecule has 1 amide bonds. The molecule has 1 aliphatic heterocycles. The number of carbonyl (C=O) groups excluding carboxylic acids is 1.